The Labute approximate surface area is 66.6 Å². The van der Waals surface area contributed by atoms with E-state index >= 15 is 0 Å². The van der Waals surface area contributed by atoms with Crippen LogP contribution in [0.2, 0.25) is 0 Å². The molecule has 0 aliphatic carbocycles. The summed E-state index contributed by atoms with van der Waals surface area (Å²) in [5.74, 6) is 0. The van der Waals surface area contributed by atoms with Crippen LogP contribution in [0.1, 0.15) is 0 Å². The molecular formula is C2H7Br2IrOP. The number of hydrogen-bond acceptors (Lipinski definition) is 1. The van der Waals surface area contributed by atoms with Gasteiger partial charge < -0.3 is 4.89 Å². The monoisotopic (exact) mass is 429 g/mol. The fourth-order valence-corrected chi connectivity index (χ4v) is 0. The molecule has 1 nitrogen and oxygen atoms in total. The zero-order valence-corrected chi connectivity index (χ0v) is 10.4. The van der Waals surface area contributed by atoms with Crippen molar-refractivity contribution >= 4 is 35.1 Å². The maximum absolute atomic E-state index is 8.12. The summed E-state index contributed by atoms with van der Waals surface area (Å²) in [5, 5.41) is 0. The summed E-state index contributed by atoms with van der Waals surface area (Å²) in [5.41, 5.74) is 0. The van der Waals surface area contributed by atoms with Crippen LogP contribution in [0.3, 0.4) is 0 Å². The van der Waals surface area contributed by atoms with E-state index in [0.29, 0.717) is 0 Å². The van der Waals surface area contributed by atoms with Crippen LogP contribution in [0.4, 0.5) is 0 Å². The van der Waals surface area contributed by atoms with Gasteiger partial charge in [0.1, 0.15) is 0 Å². The Bertz CT molecular complexity index is 26.9. The van der Waals surface area contributed by atoms with Crippen LogP contribution >= 0.6 is 35.1 Å². The molecule has 7 heavy (non-hydrogen) atoms. The van der Waals surface area contributed by atoms with Gasteiger partial charge in [-0.1, -0.05) is 0 Å². The second-order valence-electron chi connectivity index (χ2n) is 0.895. The van der Waals surface area contributed by atoms with Gasteiger partial charge in [0.25, 0.3) is 0 Å². The third-order valence-electron chi connectivity index (χ3n) is 0. The van der Waals surface area contributed by atoms with Crippen molar-refractivity contribution < 1.29 is 18.6 Å². The van der Waals surface area contributed by atoms with Gasteiger partial charge in [-0.15, -0.1) is 0 Å². The average molecular weight is 430 g/mol. The zero-order chi connectivity index (χ0) is 6.28. The molecule has 0 aliphatic heterocycles. The number of halogens is 2. The normalized spacial score (nSPS) is 8.29. The van der Waals surface area contributed by atoms with E-state index in [1.165, 1.54) is 0 Å². The minimum absolute atomic E-state index is 0.125. The van der Waals surface area contributed by atoms with E-state index in [4.69, 9.17) is 4.89 Å². The van der Waals surface area contributed by atoms with Gasteiger partial charge in [-0.25, -0.2) is 0 Å². The van der Waals surface area contributed by atoms with E-state index < -0.39 is 8.15 Å². The Morgan fingerprint density at radius 1 is 1.43 bits per heavy atom. The quantitative estimate of drug-likeness (QED) is 0.586. The summed E-state index contributed by atoms with van der Waals surface area (Å²) in [4.78, 5) is 8.12. The molecule has 0 aromatic heterocycles. The first-order valence-corrected chi connectivity index (χ1v) is 14.0. The average Bonchev–Trinajstić information content (AvgIpc) is 1.33. The molecule has 0 fully saturated rings. The molecular weight excluding hydrogens is 423 g/mol. The number of rotatable bonds is 0. The number of hydrogen-bond donors (Lipinski definition) is 1. The van der Waals surface area contributed by atoms with Crippen molar-refractivity contribution in [2.24, 2.45) is 0 Å². The van der Waals surface area contributed by atoms with Crippen LogP contribution in [0, 0.1) is 0 Å². The van der Waals surface area contributed by atoms with E-state index in [2.05, 4.69) is 27.0 Å². The summed E-state index contributed by atoms with van der Waals surface area (Å²) < 4.78 is 0. The van der Waals surface area contributed by atoms with Gasteiger partial charge in [-0.3, -0.25) is 0 Å². The van der Waals surface area contributed by atoms with Crippen LogP contribution < -0.4 is 0 Å². The molecule has 0 saturated carbocycles. The maximum atomic E-state index is 8.12. The Morgan fingerprint density at radius 3 is 1.43 bits per heavy atom. The third-order valence-corrected chi connectivity index (χ3v) is 0. The first kappa shape index (κ1) is 11.8. The second kappa shape index (κ2) is 10.9. The minimum atomic E-state index is -0.620. The van der Waals surface area contributed by atoms with Gasteiger partial charge >= 0.3 is 40.7 Å². The van der Waals surface area contributed by atoms with Crippen LogP contribution in [-0.2, 0) is 13.7 Å². The van der Waals surface area contributed by atoms with Crippen molar-refractivity contribution in [1.29, 1.82) is 0 Å². The molecule has 0 aliphatic rings. The first-order valence-electron chi connectivity index (χ1n) is 1.35. The molecule has 0 bridgehead atoms. The first-order chi connectivity index (χ1) is 3.15. The molecule has 0 aromatic carbocycles. The molecule has 0 aromatic rings. The van der Waals surface area contributed by atoms with E-state index in [1.807, 2.05) is 0 Å². The van der Waals surface area contributed by atoms with E-state index in [9.17, 15) is 0 Å². The van der Waals surface area contributed by atoms with Gasteiger partial charge in [0.05, 0.1) is 0 Å². The molecule has 0 rings (SSSR count). The van der Waals surface area contributed by atoms with Crippen LogP contribution in [0.15, 0.2) is 0 Å². The predicted molar refractivity (Wildman–Crippen MR) is 38.8 cm³/mol. The van der Waals surface area contributed by atoms with Crippen LogP contribution in [0.25, 0.3) is 0 Å². The molecule has 1 N–H and O–H groups in total. The summed E-state index contributed by atoms with van der Waals surface area (Å²) in [6.45, 7) is 3.57. The van der Waals surface area contributed by atoms with E-state index in [1.54, 1.807) is 13.3 Å². The molecule has 0 radical (unpaired) electrons. The molecule has 49 valence electrons. The van der Waals surface area contributed by atoms with Crippen molar-refractivity contribution in [2.75, 3.05) is 13.3 Å². The fraction of sp³-hybridized carbons (Fsp3) is 1.00. The van der Waals surface area contributed by atoms with Crippen LogP contribution in [-0.4, -0.2) is 18.2 Å². The summed E-state index contributed by atoms with van der Waals surface area (Å²) in [7, 11) is -0.620. The molecule has 0 amide bonds. The van der Waals surface area contributed by atoms with Gasteiger partial charge in [0.2, 0.25) is 0 Å². The molecule has 0 unspecified atom stereocenters. The second-order valence-corrected chi connectivity index (χ2v) is 13.1. The van der Waals surface area contributed by atoms with Crippen molar-refractivity contribution in [3.63, 3.8) is 0 Å². The third kappa shape index (κ3) is 72.0. The van der Waals surface area contributed by atoms with Gasteiger partial charge in [-0.2, -0.15) is 0 Å². The summed E-state index contributed by atoms with van der Waals surface area (Å²) >= 11 is 6.50. The van der Waals surface area contributed by atoms with Crippen molar-refractivity contribution in [3.05, 3.63) is 0 Å². The predicted octanol–water partition coefficient (Wildman–Crippen LogP) is 2.32. The summed E-state index contributed by atoms with van der Waals surface area (Å²) in [6, 6.07) is 0. The molecule has 5 heteroatoms. The zero-order valence-electron chi connectivity index (χ0n) is 3.98. The topological polar surface area (TPSA) is 20.2 Å². The van der Waals surface area contributed by atoms with Gasteiger partial charge in [-0.05, 0) is 13.3 Å². The Kier molecular flexibility index (Phi) is 18.3. The van der Waals surface area contributed by atoms with Crippen molar-refractivity contribution in [3.8, 4) is 0 Å². The molecule has 0 heterocycles. The fourth-order valence-electron chi connectivity index (χ4n) is 0. The Balaban J connectivity index is 0. The molecule has 0 spiro atoms. The van der Waals surface area contributed by atoms with Gasteiger partial charge in [0, 0.05) is 8.15 Å². The SMILES string of the molecule is CP(C)O.[Br][Ir][Br]. The van der Waals surface area contributed by atoms with Crippen molar-refractivity contribution in [2.45, 2.75) is 0 Å². The van der Waals surface area contributed by atoms with E-state index in [-0.39, 0.29) is 13.7 Å². The molecule has 0 atom stereocenters. The Morgan fingerprint density at radius 2 is 1.43 bits per heavy atom. The molecule has 0 saturated heterocycles. The summed E-state index contributed by atoms with van der Waals surface area (Å²) in [6.07, 6.45) is 0. The van der Waals surface area contributed by atoms with E-state index in [0.717, 1.165) is 0 Å². The Hall–Kier alpha value is 2.00. The van der Waals surface area contributed by atoms with Crippen LogP contribution in [0.5, 0.6) is 0 Å². The van der Waals surface area contributed by atoms with Gasteiger partial charge in [0.15, 0.2) is 0 Å². The van der Waals surface area contributed by atoms with Crippen molar-refractivity contribution in [1.82, 2.24) is 0 Å². The standard InChI is InChI=1S/C2H7OP.2BrH.Ir/c1-4(2)3;;;/h3H,1-2H3;2*1H;/q;;;+2/p-2.